The predicted octanol–water partition coefficient (Wildman–Crippen LogP) is 4.50. The molecule has 0 aliphatic heterocycles. The van der Waals surface area contributed by atoms with Gasteiger partial charge >= 0.3 is 0 Å². The van der Waals surface area contributed by atoms with E-state index in [9.17, 15) is 9.18 Å². The number of ether oxygens (including phenoxy) is 2. The van der Waals surface area contributed by atoms with Crippen LogP contribution in [0.15, 0.2) is 54.6 Å². The van der Waals surface area contributed by atoms with E-state index in [1.54, 1.807) is 19.2 Å². The molecule has 0 aliphatic carbocycles. The lowest BCUT2D eigenvalue weighted by Gasteiger charge is -2.11. The van der Waals surface area contributed by atoms with Crippen LogP contribution in [0.4, 0.5) is 4.39 Å². The lowest BCUT2D eigenvalue weighted by atomic mass is 10.1. The number of methoxy groups -OCH3 is 1. The summed E-state index contributed by atoms with van der Waals surface area (Å²) in [6.45, 7) is 3.70. The van der Waals surface area contributed by atoms with Crippen LogP contribution in [-0.4, -0.2) is 24.1 Å². The number of halogens is 1. The van der Waals surface area contributed by atoms with Gasteiger partial charge in [-0.15, -0.1) is 0 Å². The summed E-state index contributed by atoms with van der Waals surface area (Å²) in [6.07, 6.45) is 0. The SMILES string of the molecule is COc1ccc(-n2c(C)cc(C(=O)COc3cccc(F)c3)c2C)cc1. The quantitative estimate of drug-likeness (QED) is 0.613. The van der Waals surface area contributed by atoms with E-state index < -0.39 is 5.82 Å². The van der Waals surface area contributed by atoms with Gasteiger partial charge in [-0.1, -0.05) is 6.07 Å². The van der Waals surface area contributed by atoms with E-state index in [0.29, 0.717) is 11.3 Å². The molecule has 0 aliphatic rings. The molecule has 0 amide bonds. The molecule has 0 saturated carbocycles. The van der Waals surface area contributed by atoms with Crippen molar-refractivity contribution in [2.24, 2.45) is 0 Å². The Labute approximate surface area is 151 Å². The number of hydrogen-bond acceptors (Lipinski definition) is 3. The highest BCUT2D eigenvalue weighted by atomic mass is 19.1. The summed E-state index contributed by atoms with van der Waals surface area (Å²) in [4.78, 5) is 12.6. The molecular weight excluding hydrogens is 333 g/mol. The van der Waals surface area contributed by atoms with Crippen LogP contribution in [0.25, 0.3) is 5.69 Å². The zero-order valence-corrected chi connectivity index (χ0v) is 15.0. The molecule has 134 valence electrons. The molecule has 26 heavy (non-hydrogen) atoms. The molecule has 1 aromatic heterocycles. The van der Waals surface area contributed by atoms with Crippen LogP contribution in [0, 0.1) is 19.7 Å². The van der Waals surface area contributed by atoms with Crippen LogP contribution in [0.1, 0.15) is 21.7 Å². The van der Waals surface area contributed by atoms with Crippen LogP contribution >= 0.6 is 0 Å². The standard InChI is InChI=1S/C21H20FNO3/c1-14-11-20(21(24)13-26-19-6-4-5-16(22)12-19)15(2)23(14)17-7-9-18(25-3)10-8-17/h4-12H,13H2,1-3H3. The Bertz CT molecular complexity index is 929. The van der Waals surface area contributed by atoms with Gasteiger partial charge in [-0.3, -0.25) is 4.79 Å². The fraction of sp³-hybridized carbons (Fsp3) is 0.190. The van der Waals surface area contributed by atoms with E-state index in [2.05, 4.69) is 0 Å². The third-order valence-corrected chi connectivity index (χ3v) is 4.23. The summed E-state index contributed by atoms with van der Waals surface area (Å²) >= 11 is 0. The zero-order chi connectivity index (χ0) is 18.7. The van der Waals surface area contributed by atoms with Gasteiger partial charge in [0.25, 0.3) is 0 Å². The van der Waals surface area contributed by atoms with Gasteiger partial charge in [-0.25, -0.2) is 4.39 Å². The van der Waals surface area contributed by atoms with E-state index in [-0.39, 0.29) is 12.4 Å². The largest absolute Gasteiger partial charge is 0.497 e. The molecule has 0 unspecified atom stereocenters. The predicted molar refractivity (Wildman–Crippen MR) is 98.0 cm³/mol. The molecule has 0 N–H and O–H groups in total. The molecule has 0 fully saturated rings. The molecule has 0 radical (unpaired) electrons. The van der Waals surface area contributed by atoms with Crippen LogP contribution in [0.5, 0.6) is 11.5 Å². The number of carbonyl (C=O) groups excluding carboxylic acids is 1. The Morgan fingerprint density at radius 2 is 1.77 bits per heavy atom. The first kappa shape index (κ1) is 17.7. The second kappa shape index (κ2) is 7.44. The van der Waals surface area contributed by atoms with E-state index in [4.69, 9.17) is 9.47 Å². The Kier molecular flexibility index (Phi) is 5.07. The van der Waals surface area contributed by atoms with Gasteiger partial charge < -0.3 is 14.0 Å². The smallest absolute Gasteiger partial charge is 0.202 e. The molecule has 3 rings (SSSR count). The first-order chi connectivity index (χ1) is 12.5. The van der Waals surface area contributed by atoms with Gasteiger partial charge in [0.1, 0.15) is 17.3 Å². The van der Waals surface area contributed by atoms with Crippen molar-refractivity contribution in [2.75, 3.05) is 13.7 Å². The van der Waals surface area contributed by atoms with E-state index in [0.717, 1.165) is 22.8 Å². The number of aryl methyl sites for hydroxylation is 1. The van der Waals surface area contributed by atoms with Gasteiger partial charge in [0.2, 0.25) is 5.78 Å². The number of Topliss-reactive ketones (excluding diaryl/α,β-unsaturated/α-hetero) is 1. The van der Waals surface area contributed by atoms with Crippen molar-refractivity contribution in [2.45, 2.75) is 13.8 Å². The lowest BCUT2D eigenvalue weighted by molar-refractivity contribution is 0.0920. The van der Waals surface area contributed by atoms with Gasteiger partial charge in [0, 0.05) is 28.7 Å². The maximum atomic E-state index is 13.2. The van der Waals surface area contributed by atoms with Crippen molar-refractivity contribution >= 4 is 5.78 Å². The average Bonchev–Trinajstić information content (AvgIpc) is 2.94. The van der Waals surface area contributed by atoms with Crippen LogP contribution in [0.2, 0.25) is 0 Å². The van der Waals surface area contributed by atoms with Crippen molar-refractivity contribution in [3.63, 3.8) is 0 Å². The van der Waals surface area contributed by atoms with Gasteiger partial charge in [0.15, 0.2) is 6.61 Å². The summed E-state index contributed by atoms with van der Waals surface area (Å²) in [5.41, 5.74) is 3.32. The third-order valence-electron chi connectivity index (χ3n) is 4.23. The molecule has 0 bridgehead atoms. The Balaban J connectivity index is 1.81. The third kappa shape index (κ3) is 3.61. The number of ketones is 1. The maximum Gasteiger partial charge on any atom is 0.202 e. The van der Waals surface area contributed by atoms with Crippen molar-refractivity contribution in [3.8, 4) is 17.2 Å². The fourth-order valence-corrected chi connectivity index (χ4v) is 2.96. The monoisotopic (exact) mass is 353 g/mol. The summed E-state index contributed by atoms with van der Waals surface area (Å²) < 4.78 is 25.8. The molecule has 3 aromatic rings. The normalized spacial score (nSPS) is 10.6. The summed E-state index contributed by atoms with van der Waals surface area (Å²) in [6, 6.07) is 15.2. The molecule has 4 nitrogen and oxygen atoms in total. The number of aromatic nitrogens is 1. The molecule has 0 atom stereocenters. The van der Waals surface area contributed by atoms with E-state index >= 15 is 0 Å². The number of benzene rings is 2. The number of hydrogen-bond donors (Lipinski definition) is 0. The topological polar surface area (TPSA) is 40.5 Å². The minimum Gasteiger partial charge on any atom is -0.497 e. The molecule has 5 heteroatoms. The number of carbonyl (C=O) groups is 1. The summed E-state index contributed by atoms with van der Waals surface area (Å²) in [7, 11) is 1.62. The highest BCUT2D eigenvalue weighted by Crippen LogP contribution is 2.23. The highest BCUT2D eigenvalue weighted by molar-refractivity contribution is 5.98. The zero-order valence-electron chi connectivity index (χ0n) is 15.0. The summed E-state index contributed by atoms with van der Waals surface area (Å²) in [5.74, 6) is 0.563. The second-order valence-corrected chi connectivity index (χ2v) is 5.99. The Morgan fingerprint density at radius 1 is 1.04 bits per heavy atom. The highest BCUT2D eigenvalue weighted by Gasteiger charge is 2.17. The maximum absolute atomic E-state index is 13.2. The van der Waals surface area contributed by atoms with Crippen molar-refractivity contribution in [1.82, 2.24) is 4.57 Å². The fourth-order valence-electron chi connectivity index (χ4n) is 2.96. The second-order valence-electron chi connectivity index (χ2n) is 5.99. The lowest BCUT2D eigenvalue weighted by Crippen LogP contribution is -2.12. The summed E-state index contributed by atoms with van der Waals surface area (Å²) in [5, 5.41) is 0. The first-order valence-corrected chi connectivity index (χ1v) is 8.24. The van der Waals surface area contributed by atoms with Gasteiger partial charge in [-0.2, -0.15) is 0 Å². The van der Waals surface area contributed by atoms with Crippen LogP contribution in [-0.2, 0) is 0 Å². The van der Waals surface area contributed by atoms with E-state index in [1.165, 1.54) is 12.1 Å². The van der Waals surface area contributed by atoms with Crippen molar-refractivity contribution in [1.29, 1.82) is 0 Å². The molecular formula is C21H20FNO3. The molecule has 2 aromatic carbocycles. The first-order valence-electron chi connectivity index (χ1n) is 8.24. The minimum atomic E-state index is -0.396. The van der Waals surface area contributed by atoms with Crippen LogP contribution < -0.4 is 9.47 Å². The molecule has 0 spiro atoms. The number of nitrogens with zero attached hydrogens (tertiary/aromatic N) is 1. The van der Waals surface area contributed by atoms with Crippen molar-refractivity contribution < 1.29 is 18.7 Å². The molecule has 0 saturated heterocycles. The van der Waals surface area contributed by atoms with Gasteiger partial charge in [0.05, 0.1) is 7.11 Å². The minimum absolute atomic E-state index is 0.143. The van der Waals surface area contributed by atoms with Crippen molar-refractivity contribution in [3.05, 3.63) is 77.4 Å². The van der Waals surface area contributed by atoms with Gasteiger partial charge in [-0.05, 0) is 56.3 Å². The van der Waals surface area contributed by atoms with E-state index in [1.807, 2.05) is 48.7 Å². The Morgan fingerprint density at radius 3 is 2.42 bits per heavy atom. The molecule has 1 heterocycles. The van der Waals surface area contributed by atoms with Crippen LogP contribution in [0.3, 0.4) is 0 Å². The average molecular weight is 353 g/mol. The Hall–Kier alpha value is -3.08. The number of rotatable bonds is 6.